The first kappa shape index (κ1) is 21.4. The molecule has 2 aromatic heterocycles. The first-order chi connectivity index (χ1) is 13.9. The normalized spacial score (nSPS) is 11.8. The number of hydrogen-bond donors (Lipinski definition) is 1. The SMILES string of the molecule is CCN(CC)S(=O)(=O)c1ccc(OC)c(NCc2nc(-c3cccs3)oc2C)c1. The van der Waals surface area contributed by atoms with Gasteiger partial charge in [0.15, 0.2) is 0 Å². The summed E-state index contributed by atoms with van der Waals surface area (Å²) in [5, 5.41) is 5.21. The maximum atomic E-state index is 12.8. The van der Waals surface area contributed by atoms with Gasteiger partial charge < -0.3 is 14.5 Å². The van der Waals surface area contributed by atoms with E-state index in [1.54, 1.807) is 36.6 Å². The predicted molar refractivity (Wildman–Crippen MR) is 115 cm³/mol. The maximum absolute atomic E-state index is 12.8. The average Bonchev–Trinajstić information content (AvgIpc) is 3.36. The van der Waals surface area contributed by atoms with Crippen LogP contribution in [0.15, 0.2) is 45.0 Å². The minimum absolute atomic E-state index is 0.223. The summed E-state index contributed by atoms with van der Waals surface area (Å²) in [5.41, 5.74) is 1.34. The summed E-state index contributed by atoms with van der Waals surface area (Å²) < 4.78 is 38.3. The van der Waals surface area contributed by atoms with Gasteiger partial charge in [0.1, 0.15) is 17.2 Å². The Kier molecular flexibility index (Phi) is 6.61. The Labute approximate surface area is 175 Å². The van der Waals surface area contributed by atoms with Crippen LogP contribution >= 0.6 is 11.3 Å². The van der Waals surface area contributed by atoms with Crippen LogP contribution in [0.25, 0.3) is 10.8 Å². The van der Waals surface area contributed by atoms with Gasteiger partial charge in [0.25, 0.3) is 0 Å². The highest BCUT2D eigenvalue weighted by atomic mass is 32.2. The van der Waals surface area contributed by atoms with Crippen LogP contribution in [0.4, 0.5) is 5.69 Å². The quantitative estimate of drug-likeness (QED) is 0.537. The van der Waals surface area contributed by atoms with E-state index in [1.807, 2.05) is 38.3 Å². The number of benzene rings is 1. The summed E-state index contributed by atoms with van der Waals surface area (Å²) in [7, 11) is -2.01. The largest absolute Gasteiger partial charge is 0.495 e. The summed E-state index contributed by atoms with van der Waals surface area (Å²) >= 11 is 1.56. The number of aryl methyl sites for hydroxylation is 1. The Morgan fingerprint density at radius 3 is 2.62 bits per heavy atom. The zero-order valence-electron chi connectivity index (χ0n) is 16.9. The van der Waals surface area contributed by atoms with Gasteiger partial charge in [-0.25, -0.2) is 13.4 Å². The lowest BCUT2D eigenvalue weighted by Gasteiger charge is -2.19. The standard InChI is InChI=1S/C20H25N3O4S2/c1-5-23(6-2)29(24,25)15-9-10-18(26-4)16(12-15)21-13-17-14(3)27-20(22-17)19-8-7-11-28-19/h7-12,21H,5-6,13H2,1-4H3. The van der Waals surface area contributed by atoms with Crippen LogP contribution in [0.3, 0.4) is 0 Å². The highest BCUT2D eigenvalue weighted by molar-refractivity contribution is 7.89. The molecule has 3 rings (SSSR count). The number of hydrogen-bond acceptors (Lipinski definition) is 7. The molecule has 0 unspecified atom stereocenters. The van der Waals surface area contributed by atoms with Crippen LogP contribution in [0.5, 0.6) is 5.75 Å². The molecule has 2 heterocycles. The molecule has 1 aromatic carbocycles. The molecule has 0 aliphatic rings. The number of nitrogens with zero attached hydrogens (tertiary/aromatic N) is 2. The lowest BCUT2D eigenvalue weighted by Crippen LogP contribution is -2.30. The van der Waals surface area contributed by atoms with E-state index in [0.29, 0.717) is 42.7 Å². The minimum Gasteiger partial charge on any atom is -0.495 e. The van der Waals surface area contributed by atoms with E-state index in [0.717, 1.165) is 10.6 Å². The highest BCUT2D eigenvalue weighted by Gasteiger charge is 2.23. The lowest BCUT2D eigenvalue weighted by atomic mass is 10.2. The van der Waals surface area contributed by atoms with Crippen LogP contribution < -0.4 is 10.1 Å². The van der Waals surface area contributed by atoms with Crippen LogP contribution in [-0.4, -0.2) is 37.9 Å². The van der Waals surface area contributed by atoms with Crippen LogP contribution in [0, 0.1) is 6.92 Å². The number of methoxy groups -OCH3 is 1. The highest BCUT2D eigenvalue weighted by Crippen LogP contribution is 2.30. The molecular weight excluding hydrogens is 410 g/mol. The number of sulfonamides is 1. The Morgan fingerprint density at radius 1 is 1.24 bits per heavy atom. The molecule has 0 radical (unpaired) electrons. The Bertz CT molecular complexity index is 1060. The topological polar surface area (TPSA) is 84.7 Å². The van der Waals surface area contributed by atoms with Gasteiger partial charge in [0, 0.05) is 13.1 Å². The van der Waals surface area contributed by atoms with Crippen molar-refractivity contribution >= 4 is 27.0 Å². The first-order valence-corrected chi connectivity index (χ1v) is 11.6. The zero-order valence-corrected chi connectivity index (χ0v) is 18.6. The van der Waals surface area contributed by atoms with Crippen molar-refractivity contribution in [1.29, 1.82) is 0 Å². The number of oxazole rings is 1. The number of anilines is 1. The van der Waals surface area contributed by atoms with Crippen molar-refractivity contribution in [1.82, 2.24) is 9.29 Å². The predicted octanol–water partition coefficient (Wildman–Crippen LogP) is 4.36. The molecule has 9 heteroatoms. The molecule has 29 heavy (non-hydrogen) atoms. The summed E-state index contributed by atoms with van der Waals surface area (Å²) in [6, 6.07) is 8.73. The lowest BCUT2D eigenvalue weighted by molar-refractivity contribution is 0.415. The van der Waals surface area contributed by atoms with Crippen molar-refractivity contribution in [3.05, 3.63) is 47.2 Å². The van der Waals surface area contributed by atoms with E-state index < -0.39 is 10.0 Å². The number of nitrogens with one attached hydrogen (secondary N) is 1. The third-order valence-corrected chi connectivity index (χ3v) is 7.49. The van der Waals surface area contributed by atoms with E-state index in [9.17, 15) is 8.42 Å². The van der Waals surface area contributed by atoms with Gasteiger partial charge in [-0.05, 0) is 36.6 Å². The molecule has 0 fully saturated rings. The molecule has 0 aliphatic heterocycles. The van der Waals surface area contributed by atoms with Crippen molar-refractivity contribution in [2.75, 3.05) is 25.5 Å². The van der Waals surface area contributed by atoms with Crippen molar-refractivity contribution < 1.29 is 17.6 Å². The van der Waals surface area contributed by atoms with E-state index in [4.69, 9.17) is 9.15 Å². The molecule has 1 N–H and O–H groups in total. The van der Waals surface area contributed by atoms with Gasteiger partial charge in [0.2, 0.25) is 15.9 Å². The average molecular weight is 436 g/mol. The van der Waals surface area contributed by atoms with Crippen molar-refractivity contribution in [2.45, 2.75) is 32.2 Å². The Morgan fingerprint density at radius 2 is 2.00 bits per heavy atom. The molecule has 3 aromatic rings. The van der Waals surface area contributed by atoms with Crippen LogP contribution in [0.1, 0.15) is 25.3 Å². The van der Waals surface area contributed by atoms with Gasteiger partial charge in [-0.2, -0.15) is 4.31 Å². The summed E-state index contributed by atoms with van der Waals surface area (Å²) in [6.07, 6.45) is 0. The number of ether oxygens (including phenoxy) is 1. The number of rotatable bonds is 9. The third-order valence-electron chi connectivity index (χ3n) is 4.59. The summed E-state index contributed by atoms with van der Waals surface area (Å²) in [6.45, 7) is 6.71. The van der Waals surface area contributed by atoms with Crippen molar-refractivity contribution in [3.8, 4) is 16.5 Å². The molecule has 156 valence electrons. The van der Waals surface area contributed by atoms with E-state index in [-0.39, 0.29) is 4.90 Å². The molecule has 7 nitrogen and oxygen atoms in total. The second-order valence-electron chi connectivity index (χ2n) is 6.30. The molecule has 0 saturated heterocycles. The molecule has 0 amide bonds. The summed E-state index contributed by atoms with van der Waals surface area (Å²) in [4.78, 5) is 5.75. The van der Waals surface area contributed by atoms with E-state index in [2.05, 4.69) is 10.3 Å². The Hall–Kier alpha value is -2.36. The fourth-order valence-corrected chi connectivity index (χ4v) is 5.11. The van der Waals surface area contributed by atoms with Gasteiger partial charge >= 0.3 is 0 Å². The second-order valence-corrected chi connectivity index (χ2v) is 9.19. The van der Waals surface area contributed by atoms with Crippen LogP contribution in [0.2, 0.25) is 0 Å². The van der Waals surface area contributed by atoms with Gasteiger partial charge in [0.05, 0.1) is 29.1 Å². The monoisotopic (exact) mass is 435 g/mol. The van der Waals surface area contributed by atoms with Gasteiger partial charge in [-0.15, -0.1) is 11.3 Å². The van der Waals surface area contributed by atoms with Gasteiger partial charge in [-0.3, -0.25) is 0 Å². The molecule has 0 bridgehead atoms. The second kappa shape index (κ2) is 8.98. The number of thiophene rings is 1. The van der Waals surface area contributed by atoms with E-state index >= 15 is 0 Å². The first-order valence-electron chi connectivity index (χ1n) is 9.32. The fourth-order valence-electron chi connectivity index (χ4n) is 2.97. The van der Waals surface area contributed by atoms with Crippen molar-refractivity contribution in [3.63, 3.8) is 0 Å². The molecule has 0 aliphatic carbocycles. The molecule has 0 saturated carbocycles. The van der Waals surface area contributed by atoms with Gasteiger partial charge in [-0.1, -0.05) is 19.9 Å². The molecule has 0 spiro atoms. The summed E-state index contributed by atoms with van der Waals surface area (Å²) in [5.74, 6) is 1.86. The van der Waals surface area contributed by atoms with Crippen LogP contribution in [-0.2, 0) is 16.6 Å². The minimum atomic E-state index is -3.56. The number of aromatic nitrogens is 1. The van der Waals surface area contributed by atoms with E-state index in [1.165, 1.54) is 4.31 Å². The third kappa shape index (κ3) is 4.47. The molecular formula is C20H25N3O4S2. The Balaban J connectivity index is 1.86. The van der Waals surface area contributed by atoms with Crippen molar-refractivity contribution in [2.24, 2.45) is 0 Å². The maximum Gasteiger partial charge on any atom is 0.243 e. The smallest absolute Gasteiger partial charge is 0.243 e. The fraction of sp³-hybridized carbons (Fsp3) is 0.350. The zero-order chi connectivity index (χ0) is 21.0. The molecule has 0 atom stereocenters.